The van der Waals surface area contributed by atoms with Gasteiger partial charge in [0.2, 0.25) is 0 Å². The zero-order valence-electron chi connectivity index (χ0n) is 10.4. The van der Waals surface area contributed by atoms with Gasteiger partial charge in [-0.3, -0.25) is 14.2 Å². The zero-order valence-corrected chi connectivity index (χ0v) is 10.4. The summed E-state index contributed by atoms with van der Waals surface area (Å²) in [6, 6.07) is 1.92. The van der Waals surface area contributed by atoms with E-state index in [0.717, 1.165) is 5.69 Å². The van der Waals surface area contributed by atoms with Gasteiger partial charge >= 0.3 is 0 Å². The topological polar surface area (TPSA) is 90.8 Å². The van der Waals surface area contributed by atoms with E-state index < -0.39 is 0 Å². The van der Waals surface area contributed by atoms with Crippen LogP contribution in [0.4, 0.5) is 5.69 Å². The van der Waals surface area contributed by atoms with Crippen molar-refractivity contribution in [2.75, 3.05) is 12.3 Å². The van der Waals surface area contributed by atoms with E-state index in [9.17, 15) is 4.79 Å². The molecule has 0 aromatic carbocycles. The molecule has 7 heteroatoms. The highest BCUT2D eigenvalue weighted by Gasteiger charge is 2.13. The molecule has 2 aromatic rings. The van der Waals surface area contributed by atoms with Gasteiger partial charge in [-0.2, -0.15) is 10.2 Å². The van der Waals surface area contributed by atoms with Gasteiger partial charge in [-0.05, 0) is 6.07 Å². The van der Waals surface area contributed by atoms with Crippen LogP contribution in [0, 0.1) is 0 Å². The maximum Gasteiger partial charge on any atom is 0.273 e. The molecule has 2 rings (SSSR count). The van der Waals surface area contributed by atoms with Gasteiger partial charge in [-0.15, -0.1) is 0 Å². The molecule has 96 valence electrons. The molecule has 7 nitrogen and oxygen atoms in total. The molecule has 0 radical (unpaired) electrons. The molecule has 0 spiro atoms. The Morgan fingerprint density at radius 1 is 1.39 bits per heavy atom. The first-order valence-electron chi connectivity index (χ1n) is 5.62. The van der Waals surface area contributed by atoms with Crippen LogP contribution in [0.2, 0.25) is 0 Å². The number of nitrogens with two attached hydrogens (primary N) is 1. The minimum absolute atomic E-state index is 0.260. The molecule has 18 heavy (non-hydrogen) atoms. The Balaban J connectivity index is 1.87. The summed E-state index contributed by atoms with van der Waals surface area (Å²) < 4.78 is 3.25. The quantitative estimate of drug-likeness (QED) is 0.777. The van der Waals surface area contributed by atoms with E-state index in [1.807, 2.05) is 19.3 Å². The van der Waals surface area contributed by atoms with Crippen molar-refractivity contribution in [1.29, 1.82) is 0 Å². The summed E-state index contributed by atoms with van der Waals surface area (Å²) in [4.78, 5) is 11.8. The molecule has 0 atom stereocenters. The fraction of sp³-hybridized carbons (Fsp3) is 0.364. The summed E-state index contributed by atoms with van der Waals surface area (Å²) in [6.45, 7) is 0.506. The second kappa shape index (κ2) is 4.91. The van der Waals surface area contributed by atoms with Crippen LogP contribution in [0.5, 0.6) is 0 Å². The van der Waals surface area contributed by atoms with Gasteiger partial charge in [-0.25, -0.2) is 0 Å². The minimum Gasteiger partial charge on any atom is -0.396 e. The van der Waals surface area contributed by atoms with E-state index in [1.165, 1.54) is 4.68 Å². The molecule has 0 aliphatic rings. The van der Waals surface area contributed by atoms with E-state index in [2.05, 4.69) is 15.5 Å². The number of nitrogens with zero attached hydrogens (tertiary/aromatic N) is 4. The molecule has 2 heterocycles. The summed E-state index contributed by atoms with van der Waals surface area (Å²) in [5, 5.41) is 11.0. The SMILES string of the molecule is Cn1ccc(CCNC(=O)c2nn(C)cc2N)n1. The van der Waals surface area contributed by atoms with Gasteiger partial charge in [-0.1, -0.05) is 0 Å². The van der Waals surface area contributed by atoms with Crippen molar-refractivity contribution in [2.24, 2.45) is 14.1 Å². The first kappa shape index (κ1) is 12.2. The molecule has 0 saturated carbocycles. The van der Waals surface area contributed by atoms with Crippen LogP contribution in [-0.4, -0.2) is 32.0 Å². The van der Waals surface area contributed by atoms with Gasteiger partial charge in [0, 0.05) is 39.5 Å². The normalized spacial score (nSPS) is 10.6. The zero-order chi connectivity index (χ0) is 13.1. The summed E-state index contributed by atoms with van der Waals surface area (Å²) in [5.74, 6) is -0.260. The van der Waals surface area contributed by atoms with Gasteiger partial charge in [0.1, 0.15) is 0 Å². The summed E-state index contributed by atoms with van der Waals surface area (Å²) in [7, 11) is 3.58. The lowest BCUT2D eigenvalue weighted by Gasteiger charge is -2.02. The molecule has 1 amide bonds. The van der Waals surface area contributed by atoms with Crippen molar-refractivity contribution in [1.82, 2.24) is 24.9 Å². The Kier molecular flexibility index (Phi) is 3.31. The Morgan fingerprint density at radius 3 is 2.72 bits per heavy atom. The lowest BCUT2D eigenvalue weighted by molar-refractivity contribution is 0.0949. The Morgan fingerprint density at radius 2 is 2.17 bits per heavy atom. The molecule has 0 unspecified atom stereocenters. The monoisotopic (exact) mass is 248 g/mol. The summed E-state index contributed by atoms with van der Waals surface area (Å²) >= 11 is 0. The fourth-order valence-electron chi connectivity index (χ4n) is 1.67. The largest absolute Gasteiger partial charge is 0.396 e. The van der Waals surface area contributed by atoms with E-state index >= 15 is 0 Å². The number of rotatable bonds is 4. The number of nitrogens with one attached hydrogen (secondary N) is 1. The predicted octanol–water partition coefficient (Wildman–Crippen LogP) is -0.292. The molecule has 2 aromatic heterocycles. The molecular weight excluding hydrogens is 232 g/mol. The van der Waals surface area contributed by atoms with Crippen LogP contribution in [0.15, 0.2) is 18.5 Å². The second-order valence-corrected chi connectivity index (χ2v) is 4.09. The van der Waals surface area contributed by atoms with Crippen molar-refractivity contribution in [3.63, 3.8) is 0 Å². The van der Waals surface area contributed by atoms with Gasteiger partial charge in [0.25, 0.3) is 5.91 Å². The average molecular weight is 248 g/mol. The molecule has 0 aliphatic heterocycles. The number of aromatic nitrogens is 4. The minimum atomic E-state index is -0.260. The summed E-state index contributed by atoms with van der Waals surface area (Å²) in [5.41, 5.74) is 7.25. The van der Waals surface area contributed by atoms with Gasteiger partial charge in [0.15, 0.2) is 5.69 Å². The van der Waals surface area contributed by atoms with Crippen molar-refractivity contribution in [3.8, 4) is 0 Å². The first-order valence-corrected chi connectivity index (χ1v) is 5.62. The molecule has 0 fully saturated rings. The number of hydrogen-bond acceptors (Lipinski definition) is 4. The number of nitrogen functional groups attached to an aromatic ring is 1. The van der Waals surface area contributed by atoms with Crippen LogP contribution >= 0.6 is 0 Å². The second-order valence-electron chi connectivity index (χ2n) is 4.09. The standard InChI is InChI=1S/C11H16N6O/c1-16-6-4-8(14-16)3-5-13-11(18)10-9(12)7-17(2)15-10/h4,6-7H,3,5,12H2,1-2H3,(H,13,18). The van der Waals surface area contributed by atoms with E-state index in [1.54, 1.807) is 17.9 Å². The van der Waals surface area contributed by atoms with Crippen molar-refractivity contribution >= 4 is 11.6 Å². The lowest BCUT2D eigenvalue weighted by atomic mass is 10.3. The highest BCUT2D eigenvalue weighted by atomic mass is 16.1. The third kappa shape index (κ3) is 2.68. The number of hydrogen-bond donors (Lipinski definition) is 2. The van der Waals surface area contributed by atoms with Crippen LogP contribution < -0.4 is 11.1 Å². The number of carbonyl (C=O) groups excluding carboxylic acids is 1. The molecule has 0 bridgehead atoms. The third-order valence-corrected chi connectivity index (χ3v) is 2.51. The van der Waals surface area contributed by atoms with E-state index in [-0.39, 0.29) is 11.6 Å². The molecule has 0 aliphatic carbocycles. The average Bonchev–Trinajstić information content (AvgIpc) is 2.85. The third-order valence-electron chi connectivity index (χ3n) is 2.51. The highest BCUT2D eigenvalue weighted by molar-refractivity contribution is 5.96. The van der Waals surface area contributed by atoms with Crippen LogP contribution in [0.3, 0.4) is 0 Å². The predicted molar refractivity (Wildman–Crippen MR) is 66.9 cm³/mol. The molecular formula is C11H16N6O. The van der Waals surface area contributed by atoms with Crippen molar-refractivity contribution in [2.45, 2.75) is 6.42 Å². The molecule has 0 saturated heterocycles. The number of aryl methyl sites for hydroxylation is 2. The van der Waals surface area contributed by atoms with Crippen LogP contribution in [-0.2, 0) is 20.5 Å². The van der Waals surface area contributed by atoms with E-state index in [4.69, 9.17) is 5.73 Å². The van der Waals surface area contributed by atoms with E-state index in [0.29, 0.717) is 18.7 Å². The van der Waals surface area contributed by atoms with Crippen molar-refractivity contribution < 1.29 is 4.79 Å². The highest BCUT2D eigenvalue weighted by Crippen LogP contribution is 2.07. The smallest absolute Gasteiger partial charge is 0.273 e. The number of amides is 1. The summed E-state index contributed by atoms with van der Waals surface area (Å²) in [6.07, 6.45) is 4.15. The fourth-order valence-corrected chi connectivity index (χ4v) is 1.67. The van der Waals surface area contributed by atoms with Crippen LogP contribution in [0.1, 0.15) is 16.2 Å². The lowest BCUT2D eigenvalue weighted by Crippen LogP contribution is -2.27. The molecule has 3 N–H and O–H groups in total. The van der Waals surface area contributed by atoms with Crippen molar-refractivity contribution in [3.05, 3.63) is 29.8 Å². The number of carbonyl (C=O) groups is 1. The maximum atomic E-state index is 11.8. The van der Waals surface area contributed by atoms with Gasteiger partial charge < -0.3 is 11.1 Å². The Bertz CT molecular complexity index is 556. The van der Waals surface area contributed by atoms with Gasteiger partial charge in [0.05, 0.1) is 11.4 Å². The Hall–Kier alpha value is -2.31. The Labute approximate surface area is 105 Å². The first-order chi connectivity index (χ1) is 8.56. The number of anilines is 1. The maximum absolute atomic E-state index is 11.8. The van der Waals surface area contributed by atoms with Crippen LogP contribution in [0.25, 0.3) is 0 Å².